The molecule has 2 rings (SSSR count). The van der Waals surface area contributed by atoms with Crippen LogP contribution in [0.15, 0.2) is 33.7 Å². The minimum atomic E-state index is 0.696. The number of nitrogens with zero attached hydrogens (tertiary/aromatic N) is 2. The van der Waals surface area contributed by atoms with Crippen molar-refractivity contribution < 1.29 is 4.52 Å². The highest BCUT2D eigenvalue weighted by molar-refractivity contribution is 7.98. The van der Waals surface area contributed by atoms with Crippen LogP contribution in [0.5, 0.6) is 0 Å². The van der Waals surface area contributed by atoms with Crippen molar-refractivity contribution in [2.45, 2.75) is 43.9 Å². The van der Waals surface area contributed by atoms with Gasteiger partial charge in [-0.05, 0) is 30.7 Å². The van der Waals surface area contributed by atoms with Crippen LogP contribution in [0.25, 0.3) is 0 Å². The molecule has 0 saturated heterocycles. The third-order valence-corrected chi connectivity index (χ3v) is 3.82. The van der Waals surface area contributed by atoms with Crippen LogP contribution in [-0.4, -0.2) is 16.7 Å². The molecule has 0 spiro atoms. The molecule has 0 radical (unpaired) electrons. The highest BCUT2D eigenvalue weighted by Gasteiger charge is 2.05. The Bertz CT molecular complexity index is 527. The summed E-state index contributed by atoms with van der Waals surface area (Å²) in [5, 5.41) is 7.32. The van der Waals surface area contributed by atoms with Gasteiger partial charge in [-0.15, -0.1) is 11.8 Å². The molecule has 20 heavy (non-hydrogen) atoms. The number of thioether (sulfide) groups is 1. The number of aromatic nitrogens is 2. The average Bonchev–Trinajstić information content (AvgIpc) is 2.94. The Morgan fingerprint density at radius 2 is 2.20 bits per heavy atom. The van der Waals surface area contributed by atoms with E-state index in [1.807, 2.05) is 6.92 Å². The molecule has 1 N–H and O–H groups in total. The maximum atomic E-state index is 5.19. The van der Waals surface area contributed by atoms with Crippen LogP contribution < -0.4 is 5.32 Å². The Balaban J connectivity index is 1.87. The number of hydrogen-bond donors (Lipinski definition) is 1. The van der Waals surface area contributed by atoms with Gasteiger partial charge in [-0.25, -0.2) is 0 Å². The number of aryl methyl sites for hydroxylation is 1. The topological polar surface area (TPSA) is 51.0 Å². The van der Waals surface area contributed by atoms with Gasteiger partial charge >= 0.3 is 0 Å². The summed E-state index contributed by atoms with van der Waals surface area (Å²) in [6.07, 6.45) is 1.97. The highest BCUT2D eigenvalue weighted by Crippen LogP contribution is 2.23. The monoisotopic (exact) mass is 291 g/mol. The predicted octanol–water partition coefficient (Wildman–Crippen LogP) is 3.42. The zero-order chi connectivity index (χ0) is 14.2. The predicted molar refractivity (Wildman–Crippen MR) is 81.7 cm³/mol. The quantitative estimate of drug-likeness (QED) is 0.596. The minimum Gasteiger partial charge on any atom is -0.338 e. The number of benzene rings is 1. The lowest BCUT2D eigenvalue weighted by molar-refractivity contribution is 0.385. The first kappa shape index (κ1) is 15.1. The summed E-state index contributed by atoms with van der Waals surface area (Å²) in [6.45, 7) is 6.17. The second-order valence-corrected chi connectivity index (χ2v) is 5.62. The molecule has 1 aromatic carbocycles. The Morgan fingerprint density at radius 3 is 2.95 bits per heavy atom. The first-order chi connectivity index (χ1) is 9.81. The summed E-state index contributed by atoms with van der Waals surface area (Å²) >= 11 is 1.73. The molecule has 2 aromatic rings. The SMILES string of the molecule is CCCNCc1cccc(SCc2nc(CC)no2)c1. The maximum Gasteiger partial charge on any atom is 0.237 e. The molecule has 0 aliphatic heterocycles. The van der Waals surface area contributed by atoms with Crippen LogP contribution in [0, 0.1) is 0 Å². The number of rotatable bonds is 8. The molecule has 0 fully saturated rings. The van der Waals surface area contributed by atoms with Crippen LogP contribution in [0.1, 0.15) is 37.5 Å². The molecule has 0 aliphatic rings. The van der Waals surface area contributed by atoms with E-state index in [4.69, 9.17) is 4.52 Å². The first-order valence-corrected chi connectivity index (χ1v) is 8.04. The summed E-state index contributed by atoms with van der Waals surface area (Å²) in [4.78, 5) is 5.55. The summed E-state index contributed by atoms with van der Waals surface area (Å²) < 4.78 is 5.19. The third kappa shape index (κ3) is 4.65. The van der Waals surface area contributed by atoms with E-state index in [9.17, 15) is 0 Å². The van der Waals surface area contributed by atoms with Crippen LogP contribution in [0.3, 0.4) is 0 Å². The molecule has 1 aromatic heterocycles. The number of hydrogen-bond acceptors (Lipinski definition) is 5. The molecular formula is C15H21N3OS. The molecule has 0 amide bonds. The minimum absolute atomic E-state index is 0.696. The van der Waals surface area contributed by atoms with Gasteiger partial charge in [0, 0.05) is 17.9 Å². The summed E-state index contributed by atoms with van der Waals surface area (Å²) in [5.41, 5.74) is 1.31. The fourth-order valence-corrected chi connectivity index (χ4v) is 2.61. The molecular weight excluding hydrogens is 270 g/mol. The fourth-order valence-electron chi connectivity index (χ4n) is 1.79. The maximum absolute atomic E-state index is 5.19. The van der Waals surface area contributed by atoms with Gasteiger partial charge in [0.15, 0.2) is 5.82 Å². The van der Waals surface area contributed by atoms with Crippen molar-refractivity contribution in [1.29, 1.82) is 0 Å². The van der Waals surface area contributed by atoms with Gasteiger partial charge in [0.2, 0.25) is 5.89 Å². The second-order valence-electron chi connectivity index (χ2n) is 4.57. The Labute approximate surface area is 124 Å². The molecule has 108 valence electrons. The van der Waals surface area contributed by atoms with Crippen molar-refractivity contribution in [2.75, 3.05) is 6.54 Å². The molecule has 0 unspecified atom stereocenters. The van der Waals surface area contributed by atoms with Gasteiger partial charge in [0.1, 0.15) is 0 Å². The van der Waals surface area contributed by atoms with E-state index in [0.29, 0.717) is 5.89 Å². The Morgan fingerprint density at radius 1 is 1.30 bits per heavy atom. The fraction of sp³-hybridized carbons (Fsp3) is 0.467. The van der Waals surface area contributed by atoms with Crippen molar-refractivity contribution in [1.82, 2.24) is 15.5 Å². The molecule has 0 aliphatic carbocycles. The lowest BCUT2D eigenvalue weighted by atomic mass is 10.2. The van der Waals surface area contributed by atoms with Crippen LogP contribution in [-0.2, 0) is 18.7 Å². The van der Waals surface area contributed by atoms with Gasteiger partial charge in [-0.1, -0.05) is 31.1 Å². The molecule has 5 heteroatoms. The van der Waals surface area contributed by atoms with Gasteiger partial charge < -0.3 is 9.84 Å². The first-order valence-electron chi connectivity index (χ1n) is 7.05. The second kappa shape index (κ2) is 8.07. The Kier molecular flexibility index (Phi) is 6.08. The van der Waals surface area contributed by atoms with Crippen molar-refractivity contribution in [3.8, 4) is 0 Å². The summed E-state index contributed by atoms with van der Waals surface area (Å²) in [5.74, 6) is 2.19. The largest absolute Gasteiger partial charge is 0.338 e. The zero-order valence-electron chi connectivity index (χ0n) is 12.1. The molecule has 0 atom stereocenters. The van der Waals surface area contributed by atoms with Crippen molar-refractivity contribution in [3.05, 3.63) is 41.5 Å². The van der Waals surface area contributed by atoms with E-state index in [-0.39, 0.29) is 0 Å². The molecule has 1 heterocycles. The van der Waals surface area contributed by atoms with E-state index in [1.54, 1.807) is 11.8 Å². The molecule has 0 bridgehead atoms. The average molecular weight is 291 g/mol. The standard InChI is InChI=1S/C15H21N3OS/c1-3-8-16-10-12-6-5-7-13(9-12)20-11-15-17-14(4-2)18-19-15/h5-7,9,16H,3-4,8,10-11H2,1-2H3. The van der Waals surface area contributed by atoms with Crippen LogP contribution >= 0.6 is 11.8 Å². The smallest absolute Gasteiger partial charge is 0.237 e. The van der Waals surface area contributed by atoms with Crippen LogP contribution in [0.4, 0.5) is 0 Å². The van der Waals surface area contributed by atoms with Crippen molar-refractivity contribution in [2.24, 2.45) is 0 Å². The van der Waals surface area contributed by atoms with E-state index >= 15 is 0 Å². The van der Waals surface area contributed by atoms with E-state index in [1.165, 1.54) is 10.5 Å². The molecule has 0 saturated carbocycles. The third-order valence-electron chi connectivity index (χ3n) is 2.84. The Hall–Kier alpha value is -1.33. The van der Waals surface area contributed by atoms with Gasteiger partial charge in [-0.2, -0.15) is 4.98 Å². The van der Waals surface area contributed by atoms with Crippen LogP contribution in [0.2, 0.25) is 0 Å². The van der Waals surface area contributed by atoms with Gasteiger partial charge in [0.25, 0.3) is 0 Å². The lowest BCUT2D eigenvalue weighted by Crippen LogP contribution is -2.13. The van der Waals surface area contributed by atoms with E-state index in [0.717, 1.165) is 37.5 Å². The summed E-state index contributed by atoms with van der Waals surface area (Å²) in [6, 6.07) is 8.57. The normalized spacial score (nSPS) is 10.9. The lowest BCUT2D eigenvalue weighted by Gasteiger charge is -2.05. The van der Waals surface area contributed by atoms with E-state index < -0.39 is 0 Å². The molecule has 4 nitrogen and oxygen atoms in total. The number of nitrogens with one attached hydrogen (secondary N) is 1. The van der Waals surface area contributed by atoms with Crippen molar-refractivity contribution in [3.63, 3.8) is 0 Å². The van der Waals surface area contributed by atoms with E-state index in [2.05, 4.69) is 46.6 Å². The highest BCUT2D eigenvalue weighted by atomic mass is 32.2. The zero-order valence-corrected chi connectivity index (χ0v) is 12.9. The summed E-state index contributed by atoms with van der Waals surface area (Å²) in [7, 11) is 0. The van der Waals surface area contributed by atoms with Gasteiger partial charge in [0.05, 0.1) is 5.75 Å². The van der Waals surface area contributed by atoms with Gasteiger partial charge in [-0.3, -0.25) is 0 Å². The van der Waals surface area contributed by atoms with Crippen molar-refractivity contribution >= 4 is 11.8 Å².